The van der Waals surface area contributed by atoms with Gasteiger partial charge in [-0.3, -0.25) is 4.79 Å². The van der Waals surface area contributed by atoms with Gasteiger partial charge in [0, 0.05) is 13.0 Å². The van der Waals surface area contributed by atoms with Crippen LogP contribution in [0.3, 0.4) is 0 Å². The predicted molar refractivity (Wildman–Crippen MR) is 100 cm³/mol. The topological polar surface area (TPSA) is 64.6 Å². The summed E-state index contributed by atoms with van der Waals surface area (Å²) >= 11 is 0. The van der Waals surface area contributed by atoms with Crippen molar-refractivity contribution in [1.29, 1.82) is 0 Å². The summed E-state index contributed by atoms with van der Waals surface area (Å²) < 4.78 is 45.4. The Kier molecular flexibility index (Phi) is 8.67. The van der Waals surface area contributed by atoms with E-state index in [1.165, 1.54) is 5.56 Å². The number of rotatable bonds is 10. The van der Waals surface area contributed by atoms with Crippen LogP contribution in [-0.2, 0) is 27.2 Å². The zero-order chi connectivity index (χ0) is 21.1. The van der Waals surface area contributed by atoms with Gasteiger partial charge in [0.05, 0.1) is 13.0 Å². The number of nitrogens with one attached hydrogen (secondary N) is 1. The lowest BCUT2D eigenvalue weighted by Gasteiger charge is -2.09. The summed E-state index contributed by atoms with van der Waals surface area (Å²) in [6.45, 7) is 1.18. The van der Waals surface area contributed by atoms with Crippen molar-refractivity contribution in [2.45, 2.75) is 25.4 Å². The van der Waals surface area contributed by atoms with E-state index in [0.29, 0.717) is 19.6 Å². The maximum atomic E-state index is 12.0. The highest BCUT2D eigenvalue weighted by Gasteiger charge is 2.42. The highest BCUT2D eigenvalue weighted by atomic mass is 19.4. The average Bonchev–Trinajstić information content (AvgIpc) is 2.68. The Balaban J connectivity index is 1.63. The minimum Gasteiger partial charge on any atom is -0.493 e. The van der Waals surface area contributed by atoms with Crippen LogP contribution in [0.25, 0.3) is 0 Å². The smallest absolute Gasteiger partial charge is 0.491 e. The van der Waals surface area contributed by atoms with E-state index in [4.69, 9.17) is 4.74 Å². The first kappa shape index (κ1) is 22.4. The van der Waals surface area contributed by atoms with Crippen molar-refractivity contribution >= 4 is 11.9 Å². The third-order valence-electron chi connectivity index (χ3n) is 3.94. The van der Waals surface area contributed by atoms with E-state index in [-0.39, 0.29) is 13.0 Å². The van der Waals surface area contributed by atoms with Crippen LogP contribution < -0.4 is 10.1 Å². The van der Waals surface area contributed by atoms with Gasteiger partial charge in [-0.25, -0.2) is 4.79 Å². The molecular weight excluding hydrogens is 387 g/mol. The molecule has 0 spiro atoms. The highest BCUT2D eigenvalue weighted by Crippen LogP contribution is 2.17. The van der Waals surface area contributed by atoms with Gasteiger partial charge in [-0.2, -0.15) is 13.2 Å². The molecule has 5 nitrogen and oxygen atoms in total. The van der Waals surface area contributed by atoms with Crippen LogP contribution in [0.2, 0.25) is 0 Å². The molecule has 0 aliphatic carbocycles. The van der Waals surface area contributed by atoms with Crippen molar-refractivity contribution in [2.24, 2.45) is 0 Å². The molecule has 8 heteroatoms. The maximum absolute atomic E-state index is 12.0. The van der Waals surface area contributed by atoms with E-state index < -0.39 is 18.1 Å². The molecule has 0 saturated heterocycles. The lowest BCUT2D eigenvalue weighted by Crippen LogP contribution is -2.29. The standard InChI is InChI=1S/C21H22F3NO4/c22-21(23,24)20(27)29-19(26)10-13-25-12-9-17-7-4-8-18(15-17)28-14-11-16-5-2-1-3-6-16/h1-8,15,25H,9-14H2. The first-order valence-corrected chi connectivity index (χ1v) is 9.13. The van der Waals surface area contributed by atoms with E-state index >= 15 is 0 Å². The number of benzene rings is 2. The zero-order valence-corrected chi connectivity index (χ0v) is 15.7. The van der Waals surface area contributed by atoms with Crippen LogP contribution in [0.4, 0.5) is 13.2 Å². The number of carbonyl (C=O) groups excluding carboxylic acids is 2. The Hall–Kier alpha value is -2.87. The summed E-state index contributed by atoms with van der Waals surface area (Å²) in [6, 6.07) is 17.6. The number of hydrogen-bond donors (Lipinski definition) is 1. The Morgan fingerprint density at radius 1 is 0.897 bits per heavy atom. The lowest BCUT2D eigenvalue weighted by atomic mass is 10.1. The monoisotopic (exact) mass is 409 g/mol. The second-order valence-corrected chi connectivity index (χ2v) is 6.24. The summed E-state index contributed by atoms with van der Waals surface area (Å²) in [5.41, 5.74) is 2.22. The average molecular weight is 409 g/mol. The third-order valence-corrected chi connectivity index (χ3v) is 3.94. The predicted octanol–water partition coefficient (Wildman–Crippen LogP) is 3.46. The first-order valence-electron chi connectivity index (χ1n) is 9.13. The van der Waals surface area contributed by atoms with Crippen molar-refractivity contribution in [2.75, 3.05) is 19.7 Å². The number of hydrogen-bond acceptors (Lipinski definition) is 5. The molecule has 0 atom stereocenters. The van der Waals surface area contributed by atoms with Gasteiger partial charge >= 0.3 is 18.1 Å². The largest absolute Gasteiger partial charge is 0.493 e. The van der Waals surface area contributed by atoms with Gasteiger partial charge in [0.1, 0.15) is 5.75 Å². The molecule has 0 aliphatic heterocycles. The normalized spacial score (nSPS) is 11.1. The Labute approximate surface area is 166 Å². The molecule has 0 bridgehead atoms. The van der Waals surface area contributed by atoms with E-state index in [9.17, 15) is 22.8 Å². The molecule has 0 aliphatic rings. The molecule has 29 heavy (non-hydrogen) atoms. The SMILES string of the molecule is O=C(CCNCCc1cccc(OCCc2ccccc2)c1)OC(=O)C(F)(F)F. The number of alkyl halides is 3. The Morgan fingerprint density at radius 3 is 2.34 bits per heavy atom. The fourth-order valence-corrected chi connectivity index (χ4v) is 2.48. The minimum atomic E-state index is -5.17. The van der Waals surface area contributed by atoms with Gasteiger partial charge in [0.25, 0.3) is 0 Å². The molecule has 0 aromatic heterocycles. The van der Waals surface area contributed by atoms with Gasteiger partial charge in [0.2, 0.25) is 0 Å². The molecule has 2 aromatic rings. The Bertz CT molecular complexity index is 794. The number of halogens is 3. The van der Waals surface area contributed by atoms with Crippen molar-refractivity contribution in [3.63, 3.8) is 0 Å². The van der Waals surface area contributed by atoms with Crippen LogP contribution in [0.5, 0.6) is 5.75 Å². The molecule has 0 unspecified atom stereocenters. The van der Waals surface area contributed by atoms with Crippen molar-refractivity contribution in [3.05, 3.63) is 65.7 Å². The van der Waals surface area contributed by atoms with Gasteiger partial charge in [-0.15, -0.1) is 0 Å². The van der Waals surface area contributed by atoms with Gasteiger partial charge in [-0.1, -0.05) is 42.5 Å². The fraction of sp³-hybridized carbons (Fsp3) is 0.333. The van der Waals surface area contributed by atoms with E-state index in [1.54, 1.807) is 0 Å². The summed E-state index contributed by atoms with van der Waals surface area (Å²) in [4.78, 5) is 21.7. The van der Waals surface area contributed by atoms with Crippen molar-refractivity contribution < 1.29 is 32.2 Å². The van der Waals surface area contributed by atoms with Gasteiger partial charge < -0.3 is 14.8 Å². The molecule has 0 fully saturated rings. The molecule has 1 N–H and O–H groups in total. The lowest BCUT2D eigenvalue weighted by molar-refractivity contribution is -0.201. The maximum Gasteiger partial charge on any atom is 0.491 e. The molecule has 0 amide bonds. The molecule has 0 saturated carbocycles. The van der Waals surface area contributed by atoms with Crippen LogP contribution in [0.15, 0.2) is 54.6 Å². The summed E-state index contributed by atoms with van der Waals surface area (Å²) in [5.74, 6) is -2.95. The third kappa shape index (κ3) is 8.78. The van der Waals surface area contributed by atoms with E-state index in [1.807, 2.05) is 54.6 Å². The second-order valence-electron chi connectivity index (χ2n) is 6.24. The number of esters is 2. The van der Waals surface area contributed by atoms with Crippen molar-refractivity contribution in [3.8, 4) is 5.75 Å². The minimum absolute atomic E-state index is 0.108. The van der Waals surface area contributed by atoms with Crippen molar-refractivity contribution in [1.82, 2.24) is 5.32 Å². The molecule has 0 heterocycles. The van der Waals surface area contributed by atoms with Crippen LogP contribution in [0, 0.1) is 0 Å². The summed E-state index contributed by atoms with van der Waals surface area (Å²) in [6.07, 6.45) is -4.05. The zero-order valence-electron chi connectivity index (χ0n) is 15.7. The van der Waals surface area contributed by atoms with Gasteiger partial charge in [-0.05, 0) is 36.2 Å². The molecule has 156 valence electrons. The van der Waals surface area contributed by atoms with E-state index in [2.05, 4.69) is 10.1 Å². The highest BCUT2D eigenvalue weighted by molar-refractivity contribution is 5.88. The molecule has 2 rings (SSSR count). The second kappa shape index (κ2) is 11.2. The quantitative estimate of drug-likeness (QED) is 0.370. The fourth-order valence-electron chi connectivity index (χ4n) is 2.48. The molecule has 2 aromatic carbocycles. The Morgan fingerprint density at radius 2 is 1.62 bits per heavy atom. The van der Waals surface area contributed by atoms with E-state index in [0.717, 1.165) is 17.7 Å². The van der Waals surface area contributed by atoms with Crippen LogP contribution in [-0.4, -0.2) is 37.8 Å². The van der Waals surface area contributed by atoms with Gasteiger partial charge in [0.15, 0.2) is 0 Å². The molecular formula is C21H22F3NO4. The van der Waals surface area contributed by atoms with Crippen LogP contribution in [0.1, 0.15) is 17.5 Å². The summed E-state index contributed by atoms with van der Waals surface area (Å²) in [7, 11) is 0. The van der Waals surface area contributed by atoms with Crippen LogP contribution >= 0.6 is 0 Å². The number of carbonyl (C=O) groups is 2. The summed E-state index contributed by atoms with van der Waals surface area (Å²) in [5, 5.41) is 2.93. The molecule has 0 radical (unpaired) electrons. The number of ether oxygens (including phenoxy) is 2. The first-order chi connectivity index (χ1) is 13.8.